The number of carbonyl (C=O) groups excluding carboxylic acids is 2. The number of nitrogens with zero attached hydrogens (tertiary/aromatic N) is 6. The molecule has 4 aromatic rings. The van der Waals surface area contributed by atoms with Crippen LogP contribution in [-0.2, 0) is 9.53 Å². The molecule has 1 atom stereocenters. The fraction of sp³-hybridized carbons (Fsp3) is 0.394. The predicted molar refractivity (Wildman–Crippen MR) is 168 cm³/mol. The molecule has 5 heterocycles. The number of alkyl halides is 2. The van der Waals surface area contributed by atoms with Gasteiger partial charge in [-0.3, -0.25) is 14.5 Å². The Labute approximate surface area is 269 Å². The van der Waals surface area contributed by atoms with Gasteiger partial charge in [0.05, 0.1) is 31.1 Å². The van der Waals surface area contributed by atoms with Crippen molar-refractivity contribution in [2.45, 2.75) is 25.5 Å². The molecule has 2 aromatic heterocycles. The molecule has 2 fully saturated rings. The van der Waals surface area contributed by atoms with Crippen molar-refractivity contribution < 1.29 is 27.8 Å². The Hall–Kier alpha value is -4.66. The van der Waals surface area contributed by atoms with Crippen LogP contribution in [0.5, 0.6) is 5.75 Å². The van der Waals surface area contributed by atoms with Crippen LogP contribution in [0, 0.1) is 5.92 Å². The van der Waals surface area contributed by atoms with Gasteiger partial charge in [-0.1, -0.05) is 24.3 Å². The summed E-state index contributed by atoms with van der Waals surface area (Å²) in [7, 11) is 0. The van der Waals surface area contributed by atoms with Crippen molar-refractivity contribution in [2.24, 2.45) is 5.92 Å². The van der Waals surface area contributed by atoms with Crippen LogP contribution >= 0.6 is 0 Å². The van der Waals surface area contributed by atoms with Crippen molar-refractivity contribution in [3.8, 4) is 5.75 Å². The molecule has 2 amide bonds. The normalized spacial score (nSPS) is 19.5. The number of aromatic nitrogens is 3. The summed E-state index contributed by atoms with van der Waals surface area (Å²) in [5.41, 5.74) is 4.60. The molecule has 0 spiro atoms. The van der Waals surface area contributed by atoms with E-state index in [0.29, 0.717) is 35.9 Å². The molecule has 0 bridgehead atoms. The van der Waals surface area contributed by atoms with Gasteiger partial charge in [-0.05, 0) is 47.7 Å². The molecule has 0 radical (unpaired) electrons. The van der Waals surface area contributed by atoms with Crippen LogP contribution in [0.2, 0.25) is 0 Å². The zero-order valence-corrected chi connectivity index (χ0v) is 25.7. The first-order valence-corrected chi connectivity index (χ1v) is 15.8. The highest BCUT2D eigenvalue weighted by molar-refractivity contribution is 6.00. The zero-order valence-electron chi connectivity index (χ0n) is 25.7. The maximum atomic E-state index is 13.6. The average molecular weight is 647 g/mol. The number of likely N-dealkylation sites (tertiary alicyclic amines) is 1. The summed E-state index contributed by atoms with van der Waals surface area (Å²) in [4.78, 5) is 35.6. The monoisotopic (exact) mass is 646 g/mol. The van der Waals surface area contributed by atoms with Crippen molar-refractivity contribution in [3.05, 3.63) is 84.1 Å². The third-order valence-electron chi connectivity index (χ3n) is 8.98. The van der Waals surface area contributed by atoms with Gasteiger partial charge in [0.15, 0.2) is 5.65 Å². The first-order chi connectivity index (χ1) is 22.9. The Balaban J connectivity index is 1.11. The van der Waals surface area contributed by atoms with Crippen LogP contribution in [-0.4, -0.2) is 100 Å². The van der Waals surface area contributed by atoms with E-state index in [1.807, 2.05) is 29.2 Å². The van der Waals surface area contributed by atoms with E-state index in [-0.39, 0.29) is 23.8 Å². The number of hydrogen-bond donors (Lipinski definition) is 2. The van der Waals surface area contributed by atoms with Gasteiger partial charge in [0.1, 0.15) is 17.9 Å². The molecule has 12 nitrogen and oxygen atoms in total. The first-order valence-electron chi connectivity index (χ1n) is 15.8. The number of hydrazine groups is 1. The predicted octanol–water partition coefficient (Wildman–Crippen LogP) is 3.19. The fourth-order valence-electron chi connectivity index (χ4n) is 6.55. The molecule has 3 aliphatic rings. The van der Waals surface area contributed by atoms with Crippen molar-refractivity contribution in [2.75, 3.05) is 52.5 Å². The van der Waals surface area contributed by atoms with Crippen molar-refractivity contribution in [3.63, 3.8) is 0 Å². The maximum absolute atomic E-state index is 13.6. The second-order valence-corrected chi connectivity index (χ2v) is 12.0. The van der Waals surface area contributed by atoms with Gasteiger partial charge in [-0.15, -0.1) is 0 Å². The minimum Gasteiger partial charge on any atom is -0.434 e. The van der Waals surface area contributed by atoms with Crippen LogP contribution in [0.3, 0.4) is 0 Å². The summed E-state index contributed by atoms with van der Waals surface area (Å²) in [6, 6.07) is 11.6. The number of nitrogens with one attached hydrogen (secondary N) is 2. The quantitative estimate of drug-likeness (QED) is 0.283. The fourth-order valence-corrected chi connectivity index (χ4v) is 6.55. The third kappa shape index (κ3) is 6.89. The SMILES string of the molecule is O=C(NC1=CN(CC(=O)N2CCC(CN3CCOCC3)CC2)NC1c1cc2ccccc2cc1OC(F)F)c1cnn2cccnc12. The number of amides is 2. The van der Waals surface area contributed by atoms with Crippen molar-refractivity contribution in [1.29, 1.82) is 0 Å². The van der Waals surface area contributed by atoms with Crippen LogP contribution in [0.1, 0.15) is 34.8 Å². The molecule has 3 aliphatic heterocycles. The van der Waals surface area contributed by atoms with E-state index in [4.69, 9.17) is 9.47 Å². The van der Waals surface area contributed by atoms with Gasteiger partial charge >= 0.3 is 6.61 Å². The summed E-state index contributed by atoms with van der Waals surface area (Å²) in [6.07, 6.45) is 8.15. The van der Waals surface area contributed by atoms with Crippen LogP contribution < -0.4 is 15.5 Å². The maximum Gasteiger partial charge on any atom is 0.387 e. The number of ether oxygens (including phenoxy) is 2. The molecule has 2 aromatic carbocycles. The van der Waals surface area contributed by atoms with Gasteiger partial charge in [0, 0.05) is 56.9 Å². The molecule has 47 heavy (non-hydrogen) atoms. The molecule has 2 saturated heterocycles. The summed E-state index contributed by atoms with van der Waals surface area (Å²) in [6.45, 7) is 2.69. The number of morpholine rings is 1. The lowest BCUT2D eigenvalue weighted by atomic mass is 9.96. The Morgan fingerprint density at radius 3 is 2.60 bits per heavy atom. The molecule has 1 unspecified atom stereocenters. The van der Waals surface area contributed by atoms with Crippen molar-refractivity contribution >= 4 is 28.2 Å². The number of halogens is 2. The molecular weight excluding hydrogens is 610 g/mol. The minimum absolute atomic E-state index is 0.0130. The average Bonchev–Trinajstić information content (AvgIpc) is 3.69. The molecule has 7 rings (SSSR count). The van der Waals surface area contributed by atoms with E-state index in [9.17, 15) is 18.4 Å². The van der Waals surface area contributed by atoms with Gasteiger partial charge < -0.3 is 24.7 Å². The first kappa shape index (κ1) is 31.0. The summed E-state index contributed by atoms with van der Waals surface area (Å²) < 4.78 is 39.2. The highest BCUT2D eigenvalue weighted by atomic mass is 19.3. The number of piperidine rings is 1. The number of benzene rings is 2. The van der Waals surface area contributed by atoms with E-state index in [1.165, 1.54) is 10.7 Å². The molecule has 14 heteroatoms. The van der Waals surface area contributed by atoms with E-state index < -0.39 is 18.6 Å². The third-order valence-corrected chi connectivity index (χ3v) is 8.98. The standard InChI is InChI=1S/C33H36F2N8O4/c34-33(35)47-28-17-24-5-2-1-4-23(24)16-25(28)30-27(38-32(45)26-18-37-43-9-3-8-36-31(26)43)20-42(39-30)21-29(44)41-10-6-22(7-11-41)19-40-12-14-46-15-13-40/h1-5,8-9,16-18,20,22,30,33,39H,6-7,10-15,19,21H2,(H,38,45). The Kier molecular flexibility index (Phi) is 8.96. The van der Waals surface area contributed by atoms with Gasteiger partial charge in [-0.25, -0.2) is 14.9 Å². The van der Waals surface area contributed by atoms with Gasteiger partial charge in [0.25, 0.3) is 5.91 Å². The second-order valence-electron chi connectivity index (χ2n) is 12.0. The highest BCUT2D eigenvalue weighted by Gasteiger charge is 2.33. The highest BCUT2D eigenvalue weighted by Crippen LogP contribution is 2.37. The minimum atomic E-state index is -3.06. The van der Waals surface area contributed by atoms with Crippen LogP contribution in [0.25, 0.3) is 16.4 Å². The lowest BCUT2D eigenvalue weighted by Crippen LogP contribution is -2.47. The number of carbonyl (C=O) groups is 2. The van der Waals surface area contributed by atoms with E-state index >= 15 is 0 Å². The Morgan fingerprint density at radius 1 is 1.06 bits per heavy atom. The molecular formula is C33H36F2N8O4. The molecule has 2 N–H and O–H groups in total. The lowest BCUT2D eigenvalue weighted by molar-refractivity contribution is -0.133. The second kappa shape index (κ2) is 13.6. The van der Waals surface area contributed by atoms with E-state index in [2.05, 4.69) is 25.7 Å². The summed E-state index contributed by atoms with van der Waals surface area (Å²) >= 11 is 0. The van der Waals surface area contributed by atoms with E-state index in [1.54, 1.807) is 41.8 Å². The molecule has 0 saturated carbocycles. The van der Waals surface area contributed by atoms with Crippen LogP contribution in [0.15, 0.2) is 73.0 Å². The Morgan fingerprint density at radius 2 is 1.83 bits per heavy atom. The largest absolute Gasteiger partial charge is 0.434 e. The van der Waals surface area contributed by atoms with E-state index in [0.717, 1.165) is 56.5 Å². The van der Waals surface area contributed by atoms with Gasteiger partial charge in [-0.2, -0.15) is 13.9 Å². The Bertz CT molecular complexity index is 1780. The summed E-state index contributed by atoms with van der Waals surface area (Å²) in [5.74, 6) is -0.0584. The topological polar surface area (TPSA) is 117 Å². The smallest absolute Gasteiger partial charge is 0.387 e. The lowest BCUT2D eigenvalue weighted by Gasteiger charge is -2.36. The molecule has 246 valence electrons. The zero-order chi connectivity index (χ0) is 32.3. The van der Waals surface area contributed by atoms with Gasteiger partial charge in [0.2, 0.25) is 5.91 Å². The van der Waals surface area contributed by atoms with Crippen molar-refractivity contribution in [1.82, 2.24) is 40.1 Å². The molecule has 0 aliphatic carbocycles. The summed E-state index contributed by atoms with van der Waals surface area (Å²) in [5, 5.41) is 10.2. The number of rotatable bonds is 9. The number of fused-ring (bicyclic) bond motifs is 2. The van der Waals surface area contributed by atoms with Crippen LogP contribution in [0.4, 0.5) is 8.78 Å². The number of hydrogen-bond acceptors (Lipinski definition) is 9.